The van der Waals surface area contributed by atoms with E-state index in [1.54, 1.807) is 0 Å². The van der Waals surface area contributed by atoms with Crippen molar-refractivity contribution in [3.8, 4) is 0 Å². The molecular formula is C42H58F4N2Ti. The van der Waals surface area contributed by atoms with E-state index in [9.17, 15) is 17.6 Å². The molecule has 2 aromatic rings. The topological polar surface area (TPSA) is 24.1 Å². The summed E-state index contributed by atoms with van der Waals surface area (Å²) in [5, 5.41) is 5.96. The number of rotatable bonds is 20. The van der Waals surface area contributed by atoms with Gasteiger partial charge in [-0.2, -0.15) is 12.2 Å². The second kappa shape index (κ2) is 33.9. The predicted octanol–water partition coefficient (Wildman–Crippen LogP) is 13.2. The largest absolute Gasteiger partial charge is 4.00 e. The van der Waals surface area contributed by atoms with Gasteiger partial charge in [0.05, 0.1) is 0 Å². The van der Waals surface area contributed by atoms with Gasteiger partial charge in [0, 0.05) is 36.4 Å². The van der Waals surface area contributed by atoms with Crippen LogP contribution in [0.15, 0.2) is 60.7 Å². The van der Waals surface area contributed by atoms with Gasteiger partial charge in [0.1, 0.15) is 0 Å². The Kier molecular flexibility index (Phi) is 32.1. The van der Waals surface area contributed by atoms with Crippen LogP contribution < -0.4 is 10.6 Å². The van der Waals surface area contributed by atoms with Crippen LogP contribution in [-0.2, 0) is 21.7 Å². The van der Waals surface area contributed by atoms with E-state index in [0.29, 0.717) is 11.4 Å². The minimum Gasteiger partial charge on any atom is -0.434 e. The predicted molar refractivity (Wildman–Crippen MR) is 196 cm³/mol. The third-order valence-corrected chi connectivity index (χ3v) is 7.59. The van der Waals surface area contributed by atoms with Crippen molar-refractivity contribution >= 4 is 11.4 Å². The Bertz CT molecular complexity index is 1070. The Balaban J connectivity index is 0.000000717. The van der Waals surface area contributed by atoms with Gasteiger partial charge in [-0.15, -0.1) is 49.2 Å². The molecule has 2 N–H and O–H groups in total. The molecule has 2 aliphatic rings. The summed E-state index contributed by atoms with van der Waals surface area (Å²) in [5.41, 5.74) is 0.675. The zero-order valence-electron chi connectivity index (χ0n) is 29.9. The zero-order chi connectivity index (χ0) is 34.9. The van der Waals surface area contributed by atoms with Crippen LogP contribution in [0.2, 0.25) is 0 Å². The van der Waals surface area contributed by atoms with Crippen molar-refractivity contribution < 1.29 is 39.3 Å². The van der Waals surface area contributed by atoms with E-state index in [0.717, 1.165) is 51.6 Å². The van der Waals surface area contributed by atoms with Gasteiger partial charge >= 0.3 is 21.7 Å². The third-order valence-electron chi connectivity index (χ3n) is 7.59. The molecule has 0 aliphatic heterocycles. The number of allylic oxidation sites excluding steroid dienone is 8. The molecule has 268 valence electrons. The number of hydrogen-bond acceptors (Lipinski definition) is 2. The molecule has 0 saturated carbocycles. The molecule has 0 bridgehead atoms. The second-order valence-corrected chi connectivity index (χ2v) is 11.9. The number of unbranched alkanes of at least 4 members (excludes halogenated alkanes) is 14. The van der Waals surface area contributed by atoms with Crippen molar-refractivity contribution in [2.75, 3.05) is 23.7 Å². The summed E-state index contributed by atoms with van der Waals surface area (Å²) in [7, 11) is 0. The molecule has 7 heteroatoms. The van der Waals surface area contributed by atoms with E-state index < -0.39 is 23.3 Å². The fourth-order valence-electron chi connectivity index (χ4n) is 4.80. The monoisotopic (exact) mass is 714 g/mol. The summed E-state index contributed by atoms with van der Waals surface area (Å²) in [6, 6.07) is 9.34. The molecule has 0 spiro atoms. The van der Waals surface area contributed by atoms with Gasteiger partial charge in [-0.25, -0.2) is 41.9 Å². The first-order valence-electron chi connectivity index (χ1n) is 18.1. The molecule has 0 unspecified atom stereocenters. The van der Waals surface area contributed by atoms with Crippen molar-refractivity contribution in [2.24, 2.45) is 0 Å². The molecule has 0 saturated heterocycles. The Morgan fingerprint density at radius 1 is 0.510 bits per heavy atom. The molecule has 0 amide bonds. The molecular weight excluding hydrogens is 656 g/mol. The quantitative estimate of drug-likeness (QED) is 0.0618. The van der Waals surface area contributed by atoms with Crippen molar-refractivity contribution in [1.29, 1.82) is 0 Å². The normalized spacial score (nSPS) is 11.9. The van der Waals surface area contributed by atoms with E-state index in [-0.39, 0.29) is 21.7 Å². The summed E-state index contributed by atoms with van der Waals surface area (Å²) < 4.78 is 51.8. The van der Waals surface area contributed by atoms with Crippen LogP contribution >= 0.6 is 0 Å². The SMILES string of the molecule is CCCCCCCCCCNc1ccc(F)[c-]c1F.CCCCCCCCCCNc1ccc(F)[c-]c1F.[C-]1=CC=CC1.[C-]1=CC=CC1.[Ti+4]. The minimum absolute atomic E-state index is 0. The number of anilines is 2. The van der Waals surface area contributed by atoms with Crippen LogP contribution in [-0.4, -0.2) is 13.1 Å². The van der Waals surface area contributed by atoms with E-state index in [4.69, 9.17) is 0 Å². The van der Waals surface area contributed by atoms with Crippen LogP contribution in [0.5, 0.6) is 0 Å². The maximum Gasteiger partial charge on any atom is 4.00 e. The van der Waals surface area contributed by atoms with Crippen molar-refractivity contribution in [3.63, 3.8) is 0 Å². The summed E-state index contributed by atoms with van der Waals surface area (Å²) in [5.74, 6) is -2.59. The molecule has 2 aromatic carbocycles. The van der Waals surface area contributed by atoms with Crippen molar-refractivity contribution in [2.45, 2.75) is 129 Å². The van der Waals surface area contributed by atoms with Crippen LogP contribution in [0.25, 0.3) is 0 Å². The number of hydrogen-bond donors (Lipinski definition) is 2. The van der Waals surface area contributed by atoms with Gasteiger partial charge in [-0.05, 0) is 24.2 Å². The van der Waals surface area contributed by atoms with E-state index >= 15 is 0 Å². The third kappa shape index (κ3) is 27.9. The maximum absolute atomic E-state index is 13.2. The van der Waals surface area contributed by atoms with Crippen LogP contribution in [0.1, 0.15) is 129 Å². The molecule has 0 atom stereocenters. The van der Waals surface area contributed by atoms with E-state index in [1.807, 2.05) is 36.4 Å². The first-order chi connectivity index (χ1) is 23.5. The summed E-state index contributed by atoms with van der Waals surface area (Å²) in [4.78, 5) is 0. The standard InChI is InChI=1S/2C16H24F2N.2C5H5.Ti/c2*1-2-3-4-5-6-7-8-9-12-19-16-11-10-14(17)13-15(16)18;2*1-2-4-5-3-1;/h2*10-11,19H,2-9,12H2,1H3;2*1-3H,4H2;/q4*-1;+4. The summed E-state index contributed by atoms with van der Waals surface area (Å²) in [6.45, 7) is 5.89. The average molecular weight is 715 g/mol. The summed E-state index contributed by atoms with van der Waals surface area (Å²) >= 11 is 0. The Morgan fingerprint density at radius 3 is 1.12 bits per heavy atom. The number of nitrogens with one attached hydrogen (secondary N) is 2. The molecule has 0 heterocycles. The van der Waals surface area contributed by atoms with Gasteiger partial charge in [-0.1, -0.05) is 104 Å². The van der Waals surface area contributed by atoms with Crippen molar-refractivity contribution in [3.05, 3.63) is 108 Å². The Hall–Kier alpha value is -2.57. The maximum atomic E-state index is 13.2. The number of halogens is 4. The minimum atomic E-state index is -0.657. The molecule has 0 radical (unpaired) electrons. The number of benzene rings is 2. The molecule has 49 heavy (non-hydrogen) atoms. The molecule has 2 nitrogen and oxygen atoms in total. The average Bonchev–Trinajstić information content (AvgIpc) is 3.86. The van der Waals surface area contributed by atoms with Gasteiger partial charge in [0.2, 0.25) is 0 Å². The van der Waals surface area contributed by atoms with Crippen LogP contribution in [0.4, 0.5) is 28.9 Å². The fraction of sp³-hybridized carbons (Fsp3) is 0.524. The summed E-state index contributed by atoms with van der Waals surface area (Å²) in [6.07, 6.45) is 40.0. The van der Waals surface area contributed by atoms with Gasteiger partial charge < -0.3 is 10.6 Å². The fourth-order valence-corrected chi connectivity index (χ4v) is 4.80. The molecule has 2 aliphatic carbocycles. The first kappa shape index (κ1) is 46.4. The van der Waals surface area contributed by atoms with E-state index in [1.165, 1.54) is 101 Å². The van der Waals surface area contributed by atoms with Crippen LogP contribution in [0, 0.1) is 47.6 Å². The smallest absolute Gasteiger partial charge is 0.434 e. The molecule has 4 rings (SSSR count). The zero-order valence-corrected chi connectivity index (χ0v) is 31.5. The molecule has 0 fully saturated rings. The van der Waals surface area contributed by atoms with Gasteiger partial charge in [0.15, 0.2) is 0 Å². The molecule has 0 aromatic heterocycles. The van der Waals surface area contributed by atoms with Crippen molar-refractivity contribution in [1.82, 2.24) is 0 Å². The Morgan fingerprint density at radius 2 is 0.857 bits per heavy atom. The second-order valence-electron chi connectivity index (χ2n) is 11.9. The Labute approximate surface area is 310 Å². The van der Waals surface area contributed by atoms with Crippen LogP contribution in [0.3, 0.4) is 0 Å². The van der Waals surface area contributed by atoms with Gasteiger partial charge in [0.25, 0.3) is 0 Å². The van der Waals surface area contributed by atoms with Gasteiger partial charge in [-0.3, -0.25) is 12.2 Å². The first-order valence-corrected chi connectivity index (χ1v) is 18.1. The van der Waals surface area contributed by atoms with E-state index in [2.05, 4.69) is 48.8 Å².